The van der Waals surface area contributed by atoms with Crippen LogP contribution >= 0.6 is 0 Å². The summed E-state index contributed by atoms with van der Waals surface area (Å²) in [5.41, 5.74) is -0.431. The van der Waals surface area contributed by atoms with Gasteiger partial charge in [0.05, 0.1) is 6.10 Å². The van der Waals surface area contributed by atoms with Gasteiger partial charge in [0.15, 0.2) is 6.29 Å². The monoisotopic (exact) mass is 100 g/mol. The van der Waals surface area contributed by atoms with Crippen molar-refractivity contribution in [2.75, 3.05) is 0 Å². The molecule has 2 atom stereocenters. The lowest BCUT2D eigenvalue weighted by molar-refractivity contribution is -0.111. The first-order valence-corrected chi connectivity index (χ1v) is 2.33. The molecule has 0 aliphatic carbocycles. The van der Waals surface area contributed by atoms with E-state index in [4.69, 9.17) is 4.74 Å². The SMILES string of the molecule is CC1OC1(C)C=O. The Morgan fingerprint density at radius 2 is 2.29 bits per heavy atom. The summed E-state index contributed by atoms with van der Waals surface area (Å²) >= 11 is 0. The molecular weight excluding hydrogens is 92.1 g/mol. The van der Waals surface area contributed by atoms with Crippen molar-refractivity contribution in [1.82, 2.24) is 0 Å². The third kappa shape index (κ3) is 0.548. The van der Waals surface area contributed by atoms with Crippen molar-refractivity contribution in [2.24, 2.45) is 0 Å². The van der Waals surface area contributed by atoms with Crippen LogP contribution in [-0.2, 0) is 9.53 Å². The van der Waals surface area contributed by atoms with Gasteiger partial charge in [0.25, 0.3) is 0 Å². The molecule has 1 rings (SSSR count). The van der Waals surface area contributed by atoms with E-state index in [0.29, 0.717) is 0 Å². The van der Waals surface area contributed by atoms with Gasteiger partial charge in [0, 0.05) is 0 Å². The summed E-state index contributed by atoms with van der Waals surface area (Å²) in [6, 6.07) is 0. The van der Waals surface area contributed by atoms with Crippen molar-refractivity contribution in [3.05, 3.63) is 0 Å². The molecule has 1 fully saturated rings. The zero-order valence-corrected chi connectivity index (χ0v) is 4.47. The number of ether oxygens (including phenoxy) is 1. The van der Waals surface area contributed by atoms with Crippen molar-refractivity contribution in [3.8, 4) is 0 Å². The lowest BCUT2D eigenvalue weighted by atomic mass is 10.1. The third-order valence-electron chi connectivity index (χ3n) is 1.41. The molecule has 0 aromatic heterocycles. The highest BCUT2D eigenvalue weighted by Gasteiger charge is 2.48. The highest BCUT2D eigenvalue weighted by Crippen LogP contribution is 2.32. The fourth-order valence-corrected chi connectivity index (χ4v) is 0.470. The molecule has 40 valence electrons. The number of epoxide rings is 1. The van der Waals surface area contributed by atoms with E-state index >= 15 is 0 Å². The first-order valence-electron chi connectivity index (χ1n) is 2.33. The van der Waals surface area contributed by atoms with Crippen molar-refractivity contribution in [3.63, 3.8) is 0 Å². The van der Waals surface area contributed by atoms with E-state index in [-0.39, 0.29) is 6.10 Å². The normalized spacial score (nSPS) is 48.6. The zero-order chi connectivity index (χ0) is 5.49. The summed E-state index contributed by atoms with van der Waals surface area (Å²) in [4.78, 5) is 9.97. The van der Waals surface area contributed by atoms with Crippen molar-refractivity contribution < 1.29 is 9.53 Å². The van der Waals surface area contributed by atoms with Gasteiger partial charge in [0.2, 0.25) is 0 Å². The molecule has 1 heterocycles. The Balaban J connectivity index is 2.51. The van der Waals surface area contributed by atoms with Gasteiger partial charge in [-0.25, -0.2) is 0 Å². The van der Waals surface area contributed by atoms with Crippen LogP contribution in [0.3, 0.4) is 0 Å². The number of hydrogen-bond acceptors (Lipinski definition) is 2. The van der Waals surface area contributed by atoms with Crippen LogP contribution in [-0.4, -0.2) is 18.0 Å². The van der Waals surface area contributed by atoms with Crippen LogP contribution in [0.25, 0.3) is 0 Å². The van der Waals surface area contributed by atoms with Crippen molar-refractivity contribution in [2.45, 2.75) is 25.6 Å². The first kappa shape index (κ1) is 4.78. The minimum absolute atomic E-state index is 0.144. The Bertz CT molecular complexity index is 100. The summed E-state index contributed by atoms with van der Waals surface area (Å²) in [7, 11) is 0. The van der Waals surface area contributed by atoms with E-state index < -0.39 is 5.60 Å². The van der Waals surface area contributed by atoms with E-state index in [0.717, 1.165) is 6.29 Å². The van der Waals surface area contributed by atoms with Crippen LogP contribution in [0.4, 0.5) is 0 Å². The summed E-state index contributed by atoms with van der Waals surface area (Å²) in [6.45, 7) is 3.67. The minimum Gasteiger partial charge on any atom is -0.359 e. The molecule has 1 aliphatic rings. The van der Waals surface area contributed by atoms with E-state index in [1.165, 1.54) is 0 Å². The molecule has 0 spiro atoms. The molecule has 0 amide bonds. The fraction of sp³-hybridized carbons (Fsp3) is 0.800. The summed E-state index contributed by atoms with van der Waals surface area (Å²) in [5, 5.41) is 0. The van der Waals surface area contributed by atoms with Crippen molar-refractivity contribution >= 4 is 6.29 Å². The van der Waals surface area contributed by atoms with E-state index in [9.17, 15) is 4.79 Å². The van der Waals surface area contributed by atoms with Crippen molar-refractivity contribution in [1.29, 1.82) is 0 Å². The molecule has 2 heteroatoms. The summed E-state index contributed by atoms with van der Waals surface area (Å²) in [6.07, 6.45) is 0.988. The molecule has 0 aromatic rings. The number of carbonyl (C=O) groups excluding carboxylic acids is 1. The molecule has 2 unspecified atom stereocenters. The van der Waals surface area contributed by atoms with Gasteiger partial charge in [-0.1, -0.05) is 0 Å². The van der Waals surface area contributed by atoms with Gasteiger partial charge in [0.1, 0.15) is 5.60 Å². The topological polar surface area (TPSA) is 29.6 Å². The summed E-state index contributed by atoms with van der Waals surface area (Å²) in [5.74, 6) is 0. The van der Waals surface area contributed by atoms with Gasteiger partial charge in [-0.3, -0.25) is 0 Å². The highest BCUT2D eigenvalue weighted by atomic mass is 16.6. The Labute approximate surface area is 42.5 Å². The van der Waals surface area contributed by atoms with E-state index in [1.807, 2.05) is 6.92 Å². The standard InChI is InChI=1S/C5H8O2/c1-4-5(2,3-6)7-4/h3-4H,1-2H3. The number of hydrogen-bond donors (Lipinski definition) is 0. The second-order valence-electron chi connectivity index (χ2n) is 2.06. The van der Waals surface area contributed by atoms with Crippen LogP contribution in [0.5, 0.6) is 0 Å². The number of rotatable bonds is 1. The molecule has 1 aliphatic heterocycles. The Morgan fingerprint density at radius 3 is 2.29 bits per heavy atom. The summed E-state index contributed by atoms with van der Waals surface area (Å²) < 4.78 is 4.89. The largest absolute Gasteiger partial charge is 0.359 e. The Kier molecular flexibility index (Phi) is 0.729. The van der Waals surface area contributed by atoms with Crippen LogP contribution in [0, 0.1) is 0 Å². The second kappa shape index (κ2) is 1.07. The predicted molar refractivity (Wildman–Crippen MR) is 25.0 cm³/mol. The minimum atomic E-state index is -0.431. The lowest BCUT2D eigenvalue weighted by Crippen LogP contribution is -2.08. The van der Waals surface area contributed by atoms with Gasteiger partial charge >= 0.3 is 0 Å². The molecule has 2 nitrogen and oxygen atoms in total. The van der Waals surface area contributed by atoms with Gasteiger partial charge in [-0.15, -0.1) is 0 Å². The number of aldehydes is 1. The smallest absolute Gasteiger partial charge is 0.154 e. The average Bonchev–Trinajstić information content (AvgIpc) is 2.18. The maximum Gasteiger partial charge on any atom is 0.154 e. The van der Waals surface area contributed by atoms with Gasteiger partial charge in [-0.2, -0.15) is 0 Å². The molecule has 0 aromatic carbocycles. The molecule has 0 radical (unpaired) electrons. The Morgan fingerprint density at radius 1 is 1.86 bits per heavy atom. The Hall–Kier alpha value is -0.370. The van der Waals surface area contributed by atoms with Crippen LogP contribution < -0.4 is 0 Å². The molecule has 0 N–H and O–H groups in total. The fourth-order valence-electron chi connectivity index (χ4n) is 0.470. The first-order chi connectivity index (χ1) is 3.19. The van der Waals surface area contributed by atoms with Crippen LogP contribution in [0.15, 0.2) is 0 Å². The lowest BCUT2D eigenvalue weighted by Gasteiger charge is -1.83. The maximum absolute atomic E-state index is 9.97. The van der Waals surface area contributed by atoms with E-state index in [1.54, 1.807) is 6.92 Å². The van der Waals surface area contributed by atoms with Gasteiger partial charge in [-0.05, 0) is 13.8 Å². The van der Waals surface area contributed by atoms with Gasteiger partial charge < -0.3 is 9.53 Å². The van der Waals surface area contributed by atoms with Crippen LogP contribution in [0.1, 0.15) is 13.8 Å². The van der Waals surface area contributed by atoms with Crippen LogP contribution in [0.2, 0.25) is 0 Å². The predicted octanol–water partition coefficient (Wildman–Crippen LogP) is 0.363. The quantitative estimate of drug-likeness (QED) is 0.352. The zero-order valence-electron chi connectivity index (χ0n) is 4.47. The molecule has 0 saturated carbocycles. The maximum atomic E-state index is 9.97. The number of carbonyl (C=O) groups is 1. The molecule has 1 saturated heterocycles. The highest BCUT2D eigenvalue weighted by molar-refractivity contribution is 5.66. The van der Waals surface area contributed by atoms with E-state index in [2.05, 4.69) is 0 Å². The third-order valence-corrected chi connectivity index (χ3v) is 1.41. The molecule has 0 bridgehead atoms. The molecule has 7 heavy (non-hydrogen) atoms. The second-order valence-corrected chi connectivity index (χ2v) is 2.06. The average molecular weight is 100 g/mol. The molecular formula is C5H8O2.